The summed E-state index contributed by atoms with van der Waals surface area (Å²) >= 11 is 0. The molecule has 16 heavy (non-hydrogen) atoms. The molecule has 1 aliphatic carbocycles. The molecular formula is C10H16N4O2. The van der Waals surface area contributed by atoms with E-state index >= 15 is 0 Å². The van der Waals surface area contributed by atoms with Crippen LogP contribution in [0.15, 0.2) is 9.59 Å². The first kappa shape index (κ1) is 10.9. The molecule has 3 N–H and O–H groups in total. The molecule has 0 aromatic carbocycles. The van der Waals surface area contributed by atoms with Crippen LogP contribution < -0.4 is 16.6 Å². The first-order valence-corrected chi connectivity index (χ1v) is 5.42. The van der Waals surface area contributed by atoms with Crippen LogP contribution in [0.3, 0.4) is 0 Å². The predicted octanol–water partition coefficient (Wildman–Crippen LogP) is 0.449. The van der Waals surface area contributed by atoms with E-state index in [9.17, 15) is 9.59 Å². The summed E-state index contributed by atoms with van der Waals surface area (Å²) in [7, 11) is 0. The van der Waals surface area contributed by atoms with Crippen molar-refractivity contribution >= 4 is 5.82 Å². The van der Waals surface area contributed by atoms with Gasteiger partial charge in [-0.15, -0.1) is 5.10 Å². The third-order valence-electron chi connectivity index (χ3n) is 3.02. The smallest absolute Gasteiger partial charge is 0.342 e. The number of hydrogen-bond donors (Lipinski definition) is 3. The van der Waals surface area contributed by atoms with Crippen molar-refractivity contribution in [3.8, 4) is 0 Å². The summed E-state index contributed by atoms with van der Waals surface area (Å²) in [6, 6.07) is 0.259. The fourth-order valence-corrected chi connectivity index (χ4v) is 2.20. The second-order valence-corrected chi connectivity index (χ2v) is 5.10. The van der Waals surface area contributed by atoms with Crippen molar-refractivity contribution in [3.05, 3.63) is 20.8 Å². The zero-order valence-electron chi connectivity index (χ0n) is 9.46. The minimum absolute atomic E-state index is 0.197. The van der Waals surface area contributed by atoms with Crippen LogP contribution in [0.2, 0.25) is 0 Å². The highest BCUT2D eigenvalue weighted by atomic mass is 16.2. The number of aromatic nitrogens is 3. The van der Waals surface area contributed by atoms with Crippen LogP contribution >= 0.6 is 0 Å². The van der Waals surface area contributed by atoms with Crippen molar-refractivity contribution in [2.24, 2.45) is 5.41 Å². The SMILES string of the molecule is CC1(C)CCC(Nc2n[nH]c(=O)[nH]c2=O)C1. The van der Waals surface area contributed by atoms with Gasteiger partial charge in [-0.3, -0.25) is 9.78 Å². The summed E-state index contributed by atoms with van der Waals surface area (Å²) in [6.07, 6.45) is 3.16. The van der Waals surface area contributed by atoms with Crippen molar-refractivity contribution in [2.75, 3.05) is 5.32 Å². The van der Waals surface area contributed by atoms with E-state index in [1.165, 1.54) is 0 Å². The molecule has 1 atom stereocenters. The van der Waals surface area contributed by atoms with Gasteiger partial charge in [0.25, 0.3) is 5.56 Å². The molecule has 2 rings (SSSR count). The maximum atomic E-state index is 11.4. The summed E-state index contributed by atoms with van der Waals surface area (Å²) < 4.78 is 0. The van der Waals surface area contributed by atoms with Gasteiger partial charge in [-0.05, 0) is 24.7 Å². The first-order valence-electron chi connectivity index (χ1n) is 5.42. The van der Waals surface area contributed by atoms with Crippen molar-refractivity contribution in [1.29, 1.82) is 0 Å². The van der Waals surface area contributed by atoms with E-state index in [2.05, 4.69) is 34.3 Å². The van der Waals surface area contributed by atoms with Gasteiger partial charge in [-0.25, -0.2) is 9.89 Å². The minimum atomic E-state index is -0.581. The van der Waals surface area contributed by atoms with E-state index < -0.39 is 11.2 Å². The molecule has 6 nitrogen and oxygen atoms in total. The summed E-state index contributed by atoms with van der Waals surface area (Å²) in [4.78, 5) is 24.3. The average molecular weight is 224 g/mol. The average Bonchev–Trinajstić information content (AvgIpc) is 2.51. The van der Waals surface area contributed by atoms with Crippen LogP contribution in [0.1, 0.15) is 33.1 Å². The van der Waals surface area contributed by atoms with Crippen LogP contribution in [-0.2, 0) is 0 Å². The summed E-state index contributed by atoms with van der Waals surface area (Å²) in [5.41, 5.74) is -0.733. The second kappa shape index (κ2) is 3.77. The van der Waals surface area contributed by atoms with Gasteiger partial charge in [0.1, 0.15) is 0 Å². The Balaban J connectivity index is 2.11. The van der Waals surface area contributed by atoms with E-state index in [0.29, 0.717) is 5.41 Å². The monoisotopic (exact) mass is 224 g/mol. The molecule has 0 spiro atoms. The highest BCUT2D eigenvalue weighted by Gasteiger charge is 2.31. The zero-order chi connectivity index (χ0) is 11.8. The Morgan fingerprint density at radius 1 is 1.44 bits per heavy atom. The first-order chi connectivity index (χ1) is 7.46. The Hall–Kier alpha value is -1.59. The third-order valence-corrected chi connectivity index (χ3v) is 3.02. The normalized spacial score (nSPS) is 23.2. The van der Waals surface area contributed by atoms with Gasteiger partial charge in [-0.2, -0.15) is 0 Å². The van der Waals surface area contributed by atoms with Crippen LogP contribution in [0, 0.1) is 5.41 Å². The topological polar surface area (TPSA) is 90.6 Å². The number of hydrogen-bond acceptors (Lipinski definition) is 4. The van der Waals surface area contributed by atoms with Crippen molar-refractivity contribution in [1.82, 2.24) is 15.2 Å². The molecule has 1 aromatic heterocycles. The van der Waals surface area contributed by atoms with Gasteiger partial charge < -0.3 is 5.32 Å². The fraction of sp³-hybridized carbons (Fsp3) is 0.700. The Bertz CT molecular complexity index is 488. The number of nitrogens with one attached hydrogen (secondary N) is 3. The molecule has 88 valence electrons. The maximum Gasteiger partial charge on any atom is 0.342 e. The highest BCUT2D eigenvalue weighted by molar-refractivity contribution is 5.30. The molecule has 1 heterocycles. The quantitative estimate of drug-likeness (QED) is 0.680. The minimum Gasteiger partial charge on any atom is -0.361 e. The Morgan fingerprint density at radius 3 is 2.75 bits per heavy atom. The lowest BCUT2D eigenvalue weighted by Gasteiger charge is -2.17. The lowest BCUT2D eigenvalue weighted by atomic mass is 9.92. The Kier molecular flexibility index (Phi) is 2.57. The molecule has 1 fully saturated rings. The second-order valence-electron chi connectivity index (χ2n) is 5.10. The van der Waals surface area contributed by atoms with Crippen LogP contribution in [0.25, 0.3) is 0 Å². The summed E-state index contributed by atoms with van der Waals surface area (Å²) in [6.45, 7) is 4.42. The number of nitrogens with zero attached hydrogens (tertiary/aromatic N) is 1. The molecule has 0 saturated heterocycles. The van der Waals surface area contributed by atoms with Gasteiger partial charge in [0.15, 0.2) is 0 Å². The molecule has 0 aliphatic heterocycles. The van der Waals surface area contributed by atoms with Crippen LogP contribution in [0.5, 0.6) is 0 Å². The van der Waals surface area contributed by atoms with E-state index in [4.69, 9.17) is 0 Å². The molecule has 0 amide bonds. The molecule has 0 bridgehead atoms. The molecule has 1 aliphatic rings. The van der Waals surface area contributed by atoms with Crippen LogP contribution in [-0.4, -0.2) is 21.2 Å². The third kappa shape index (κ3) is 2.32. The number of H-pyrrole nitrogens is 2. The van der Waals surface area contributed by atoms with E-state index in [1.54, 1.807) is 0 Å². The number of rotatable bonds is 2. The fourth-order valence-electron chi connectivity index (χ4n) is 2.20. The zero-order valence-corrected chi connectivity index (χ0v) is 9.46. The summed E-state index contributed by atoms with van der Waals surface area (Å²) in [5, 5.41) is 8.98. The largest absolute Gasteiger partial charge is 0.361 e. The molecule has 0 radical (unpaired) electrons. The number of aromatic amines is 2. The van der Waals surface area contributed by atoms with E-state index in [-0.39, 0.29) is 11.9 Å². The predicted molar refractivity (Wildman–Crippen MR) is 60.5 cm³/mol. The van der Waals surface area contributed by atoms with Crippen LogP contribution in [0.4, 0.5) is 5.82 Å². The van der Waals surface area contributed by atoms with Gasteiger partial charge in [0.05, 0.1) is 0 Å². The van der Waals surface area contributed by atoms with Crippen molar-refractivity contribution in [3.63, 3.8) is 0 Å². The lowest BCUT2D eigenvalue weighted by Crippen LogP contribution is -2.30. The van der Waals surface area contributed by atoms with Gasteiger partial charge in [0.2, 0.25) is 5.82 Å². The van der Waals surface area contributed by atoms with Gasteiger partial charge in [-0.1, -0.05) is 13.8 Å². The molecule has 1 unspecified atom stereocenters. The van der Waals surface area contributed by atoms with Gasteiger partial charge in [0, 0.05) is 6.04 Å². The standard InChI is InChI=1S/C10H16N4O2/c1-10(2)4-3-6(5-10)11-7-8(15)12-9(16)14-13-7/h6H,3-5H2,1-2H3,(H,11,13)(H2,12,14,15,16). The van der Waals surface area contributed by atoms with E-state index in [0.717, 1.165) is 19.3 Å². The van der Waals surface area contributed by atoms with Gasteiger partial charge >= 0.3 is 5.69 Å². The van der Waals surface area contributed by atoms with Crippen molar-refractivity contribution in [2.45, 2.75) is 39.2 Å². The van der Waals surface area contributed by atoms with E-state index in [1.807, 2.05) is 0 Å². The maximum absolute atomic E-state index is 11.4. The molecule has 1 saturated carbocycles. The highest BCUT2D eigenvalue weighted by Crippen LogP contribution is 2.37. The molecule has 1 aromatic rings. The molecule has 6 heteroatoms. The number of anilines is 1. The Morgan fingerprint density at radius 2 is 2.19 bits per heavy atom. The summed E-state index contributed by atoms with van der Waals surface area (Å²) in [5.74, 6) is 0.197. The van der Waals surface area contributed by atoms with Crippen molar-refractivity contribution < 1.29 is 0 Å². The lowest BCUT2D eigenvalue weighted by molar-refractivity contribution is 0.378. The molecular weight excluding hydrogens is 208 g/mol. The Labute approximate surface area is 92.5 Å².